The molecule has 0 aromatic heterocycles. The van der Waals surface area contributed by atoms with E-state index >= 15 is 0 Å². The van der Waals surface area contributed by atoms with Crippen molar-refractivity contribution < 1.29 is 14.4 Å². The van der Waals surface area contributed by atoms with Gasteiger partial charge in [0.05, 0.1) is 5.92 Å². The summed E-state index contributed by atoms with van der Waals surface area (Å²) in [5.74, 6) is -1.05. The van der Waals surface area contributed by atoms with Crippen LogP contribution in [0.25, 0.3) is 0 Å². The van der Waals surface area contributed by atoms with E-state index in [2.05, 4.69) is 17.6 Å². The molecule has 0 saturated heterocycles. The molecule has 0 heterocycles. The number of para-hydroxylation sites is 1. The Hall–Kier alpha value is -3.93. The molecule has 0 saturated carbocycles. The van der Waals surface area contributed by atoms with Crippen LogP contribution in [0, 0.1) is 19.8 Å². The number of nitrogens with one attached hydrogen (secondary N) is 2. The fourth-order valence-electron chi connectivity index (χ4n) is 4.92. The number of anilines is 1. The predicted molar refractivity (Wildman–Crippen MR) is 162 cm³/mol. The van der Waals surface area contributed by atoms with Crippen LogP contribution in [0.5, 0.6) is 0 Å². The Bertz CT molecular complexity index is 1250. The van der Waals surface area contributed by atoms with E-state index in [0.29, 0.717) is 43.5 Å². The quantitative estimate of drug-likeness (QED) is 0.246. The van der Waals surface area contributed by atoms with Crippen molar-refractivity contribution in [3.8, 4) is 0 Å². The molecule has 0 aliphatic carbocycles. The number of hydrogen-bond acceptors (Lipinski definition) is 3. The molecule has 0 fully saturated rings. The highest BCUT2D eigenvalue weighted by atomic mass is 16.2. The average Bonchev–Trinajstić information content (AvgIpc) is 2.97. The number of hydrogen-bond donors (Lipinski definition) is 2. The molecule has 0 aliphatic rings. The van der Waals surface area contributed by atoms with Crippen molar-refractivity contribution in [3.05, 3.63) is 108 Å². The SMILES string of the molecule is [CH2]CCC(C(=O)Nc1ccccc1C)C(Cc1ccccc1)NC(=O)c1cccc(C(=O)N(CCC)CCC)c1. The van der Waals surface area contributed by atoms with Crippen molar-refractivity contribution in [1.29, 1.82) is 0 Å². The molecule has 6 heteroatoms. The summed E-state index contributed by atoms with van der Waals surface area (Å²) < 4.78 is 0. The lowest BCUT2D eigenvalue weighted by molar-refractivity contribution is -0.120. The molecule has 2 atom stereocenters. The maximum Gasteiger partial charge on any atom is 0.253 e. The van der Waals surface area contributed by atoms with Gasteiger partial charge in [-0.3, -0.25) is 14.4 Å². The second kappa shape index (κ2) is 15.6. The summed E-state index contributed by atoms with van der Waals surface area (Å²) in [6.07, 6.45) is 3.27. The summed E-state index contributed by atoms with van der Waals surface area (Å²) in [7, 11) is 0. The molecule has 40 heavy (non-hydrogen) atoms. The number of amides is 3. The van der Waals surface area contributed by atoms with Gasteiger partial charge in [0.1, 0.15) is 0 Å². The van der Waals surface area contributed by atoms with Crippen molar-refractivity contribution in [1.82, 2.24) is 10.2 Å². The third-order valence-electron chi connectivity index (χ3n) is 7.00. The Kier molecular flexibility index (Phi) is 11.9. The van der Waals surface area contributed by atoms with Gasteiger partial charge in [0.25, 0.3) is 11.8 Å². The average molecular weight is 541 g/mol. The molecular weight excluding hydrogens is 498 g/mol. The van der Waals surface area contributed by atoms with Crippen LogP contribution in [0.2, 0.25) is 0 Å². The molecule has 2 N–H and O–H groups in total. The Morgan fingerprint density at radius 3 is 2.15 bits per heavy atom. The van der Waals surface area contributed by atoms with Gasteiger partial charge in [0.2, 0.25) is 5.91 Å². The zero-order chi connectivity index (χ0) is 28.9. The Labute approximate surface area is 239 Å². The topological polar surface area (TPSA) is 78.5 Å². The number of rotatable bonds is 14. The molecular formula is C34H42N3O3. The Morgan fingerprint density at radius 2 is 1.50 bits per heavy atom. The van der Waals surface area contributed by atoms with E-state index in [-0.39, 0.29) is 17.7 Å². The highest BCUT2D eigenvalue weighted by Crippen LogP contribution is 2.22. The fourth-order valence-corrected chi connectivity index (χ4v) is 4.92. The summed E-state index contributed by atoms with van der Waals surface area (Å²) in [5, 5.41) is 6.21. The molecule has 3 rings (SSSR count). The van der Waals surface area contributed by atoms with Gasteiger partial charge < -0.3 is 15.5 Å². The van der Waals surface area contributed by atoms with E-state index in [1.807, 2.05) is 80.3 Å². The molecule has 2 unspecified atom stereocenters. The molecule has 1 radical (unpaired) electrons. The van der Waals surface area contributed by atoms with Crippen LogP contribution in [0.15, 0.2) is 78.9 Å². The van der Waals surface area contributed by atoms with Crippen LogP contribution in [-0.2, 0) is 11.2 Å². The molecule has 3 amide bonds. The van der Waals surface area contributed by atoms with Crippen molar-refractivity contribution in [3.63, 3.8) is 0 Å². The number of nitrogens with zero attached hydrogens (tertiary/aromatic N) is 1. The van der Waals surface area contributed by atoms with Gasteiger partial charge in [-0.1, -0.05) is 81.8 Å². The second-order valence-corrected chi connectivity index (χ2v) is 10.2. The minimum atomic E-state index is -0.504. The van der Waals surface area contributed by atoms with E-state index in [1.165, 1.54) is 0 Å². The van der Waals surface area contributed by atoms with Crippen molar-refractivity contribution in [2.24, 2.45) is 5.92 Å². The van der Waals surface area contributed by atoms with Crippen LogP contribution < -0.4 is 10.6 Å². The maximum atomic E-state index is 13.6. The van der Waals surface area contributed by atoms with Crippen molar-refractivity contribution in [2.75, 3.05) is 18.4 Å². The first-order valence-electron chi connectivity index (χ1n) is 14.3. The zero-order valence-corrected chi connectivity index (χ0v) is 24.0. The number of carbonyl (C=O) groups excluding carboxylic acids is 3. The molecule has 211 valence electrons. The van der Waals surface area contributed by atoms with Crippen LogP contribution >= 0.6 is 0 Å². The lowest BCUT2D eigenvalue weighted by Gasteiger charge is -2.28. The third kappa shape index (κ3) is 8.54. The monoisotopic (exact) mass is 540 g/mol. The molecule has 6 nitrogen and oxygen atoms in total. The van der Waals surface area contributed by atoms with Gasteiger partial charge in [-0.15, -0.1) is 0 Å². The minimum Gasteiger partial charge on any atom is -0.348 e. The first-order valence-corrected chi connectivity index (χ1v) is 14.3. The highest BCUT2D eigenvalue weighted by molar-refractivity contribution is 6.00. The number of aryl methyl sites for hydroxylation is 1. The van der Waals surface area contributed by atoms with Crippen molar-refractivity contribution in [2.45, 2.75) is 58.9 Å². The van der Waals surface area contributed by atoms with Gasteiger partial charge >= 0.3 is 0 Å². The zero-order valence-electron chi connectivity index (χ0n) is 24.0. The number of carbonyl (C=O) groups is 3. The standard InChI is InChI=1S/C34H42N3O3/c1-5-14-29(33(39)35-30-20-12-11-15-25(30)4)31(23-26-16-9-8-10-17-26)36-32(38)27-18-13-19-28(24-27)34(40)37(21-6-2)22-7-3/h8-13,15-20,24,29,31H,1,5-7,14,21-23H2,2-4H3,(H,35,39)(H,36,38). The van der Waals surface area contributed by atoms with Gasteiger partial charge in [0.15, 0.2) is 0 Å². The Morgan fingerprint density at radius 1 is 0.850 bits per heavy atom. The largest absolute Gasteiger partial charge is 0.348 e. The molecule has 0 spiro atoms. The number of benzene rings is 3. The smallest absolute Gasteiger partial charge is 0.253 e. The van der Waals surface area contributed by atoms with Crippen LogP contribution in [0.4, 0.5) is 5.69 Å². The van der Waals surface area contributed by atoms with Crippen LogP contribution in [-0.4, -0.2) is 41.8 Å². The van der Waals surface area contributed by atoms with Gasteiger partial charge in [-0.05, 0) is 68.0 Å². The summed E-state index contributed by atoms with van der Waals surface area (Å²) >= 11 is 0. The summed E-state index contributed by atoms with van der Waals surface area (Å²) in [4.78, 5) is 42.2. The first-order chi connectivity index (χ1) is 19.4. The maximum absolute atomic E-state index is 13.6. The minimum absolute atomic E-state index is 0.0771. The lowest BCUT2D eigenvalue weighted by Crippen LogP contribution is -2.46. The van der Waals surface area contributed by atoms with Crippen LogP contribution in [0.3, 0.4) is 0 Å². The molecule has 3 aromatic carbocycles. The summed E-state index contributed by atoms with van der Waals surface area (Å²) in [6.45, 7) is 11.4. The van der Waals surface area contributed by atoms with Gasteiger partial charge in [-0.2, -0.15) is 0 Å². The third-order valence-corrected chi connectivity index (χ3v) is 7.00. The second-order valence-electron chi connectivity index (χ2n) is 10.2. The Balaban J connectivity index is 1.88. The first kappa shape index (κ1) is 30.6. The normalized spacial score (nSPS) is 12.3. The van der Waals surface area contributed by atoms with E-state index in [1.54, 1.807) is 24.3 Å². The van der Waals surface area contributed by atoms with E-state index in [9.17, 15) is 14.4 Å². The van der Waals surface area contributed by atoms with E-state index in [0.717, 1.165) is 29.7 Å². The van der Waals surface area contributed by atoms with E-state index in [4.69, 9.17) is 0 Å². The van der Waals surface area contributed by atoms with E-state index < -0.39 is 12.0 Å². The van der Waals surface area contributed by atoms with Gasteiger partial charge in [-0.25, -0.2) is 0 Å². The summed E-state index contributed by atoms with van der Waals surface area (Å²) in [6, 6.07) is 23.9. The van der Waals surface area contributed by atoms with Crippen molar-refractivity contribution >= 4 is 23.4 Å². The predicted octanol–water partition coefficient (Wildman–Crippen LogP) is 6.47. The molecule has 0 aliphatic heterocycles. The fraction of sp³-hybridized carbons (Fsp3) is 0.353. The molecule has 3 aromatic rings. The highest BCUT2D eigenvalue weighted by Gasteiger charge is 2.30. The van der Waals surface area contributed by atoms with Crippen LogP contribution in [0.1, 0.15) is 71.4 Å². The lowest BCUT2D eigenvalue weighted by atomic mass is 9.88. The summed E-state index contributed by atoms with van der Waals surface area (Å²) in [5.41, 5.74) is 3.62. The molecule has 0 bridgehead atoms. The van der Waals surface area contributed by atoms with Gasteiger partial charge in [0, 0.05) is 35.9 Å².